The first kappa shape index (κ1) is 22.8. The topological polar surface area (TPSA) is 6.48 Å². The van der Waals surface area contributed by atoms with Gasteiger partial charge in [0.1, 0.15) is 8.64 Å². The molecule has 0 radical (unpaired) electrons. The third-order valence-electron chi connectivity index (χ3n) is 4.12. The van der Waals surface area contributed by atoms with Gasteiger partial charge < -0.3 is 9.80 Å². The molecule has 0 aliphatic carbocycles. The average molecular weight is 473 g/mol. The molecule has 0 bridgehead atoms. The summed E-state index contributed by atoms with van der Waals surface area (Å²) in [7, 11) is 7.37. The number of thioether (sulfide) groups is 1. The van der Waals surface area contributed by atoms with E-state index in [0.29, 0.717) is 9.16 Å². The summed E-state index contributed by atoms with van der Waals surface area (Å²) in [6, 6.07) is 0. The minimum absolute atomic E-state index is 0.527. The van der Waals surface area contributed by atoms with Crippen LogP contribution in [0.25, 0.3) is 0 Å². The number of hydrogen-bond donors (Lipinski definition) is 0. The van der Waals surface area contributed by atoms with Crippen LogP contribution >= 0.6 is 79.4 Å². The third-order valence-corrected chi connectivity index (χ3v) is 13.3. The Kier molecular flexibility index (Phi) is 11.8. The zero-order valence-electron chi connectivity index (χ0n) is 15.0. The standard InChI is InChI=1S/C16H28N2S7/c1-13(22-24-15(19)17-9-5-3-6-10-17)21-14(2)23-25-16(20)18-11-7-4-8-12-18/h13-14H,3-12H2,1-2H3. The molecule has 0 aromatic heterocycles. The number of piperidine rings is 2. The van der Waals surface area contributed by atoms with Crippen LogP contribution in [-0.2, 0) is 0 Å². The second-order valence-electron chi connectivity index (χ2n) is 6.26. The summed E-state index contributed by atoms with van der Waals surface area (Å²) in [5.41, 5.74) is 0. The van der Waals surface area contributed by atoms with Crippen LogP contribution in [0.5, 0.6) is 0 Å². The highest BCUT2D eigenvalue weighted by Gasteiger charge is 2.19. The highest BCUT2D eigenvalue weighted by molar-refractivity contribution is 8.86. The summed E-state index contributed by atoms with van der Waals surface area (Å²) in [5, 5.41) is 0. The van der Waals surface area contributed by atoms with Crippen LogP contribution in [0.15, 0.2) is 0 Å². The summed E-state index contributed by atoms with van der Waals surface area (Å²) in [5.74, 6) is 0. The molecule has 25 heavy (non-hydrogen) atoms. The molecule has 2 aliphatic heterocycles. The van der Waals surface area contributed by atoms with Gasteiger partial charge in [-0.2, -0.15) is 0 Å². The normalized spacial score (nSPS) is 21.0. The van der Waals surface area contributed by atoms with E-state index >= 15 is 0 Å². The number of hydrogen-bond acceptors (Lipinski definition) is 7. The Morgan fingerprint density at radius 3 is 1.40 bits per heavy atom. The molecule has 0 aromatic rings. The van der Waals surface area contributed by atoms with Crippen molar-refractivity contribution in [1.82, 2.24) is 9.80 Å². The molecule has 0 amide bonds. The lowest BCUT2D eigenvalue weighted by Crippen LogP contribution is -2.32. The van der Waals surface area contributed by atoms with E-state index in [-0.39, 0.29) is 0 Å². The van der Waals surface area contributed by atoms with Gasteiger partial charge in [-0.1, -0.05) is 46.0 Å². The Balaban J connectivity index is 1.58. The highest BCUT2D eigenvalue weighted by Crippen LogP contribution is 2.43. The number of thiocarbonyl (C=S) groups is 2. The Morgan fingerprint density at radius 1 is 0.680 bits per heavy atom. The van der Waals surface area contributed by atoms with E-state index in [4.69, 9.17) is 24.4 Å². The lowest BCUT2D eigenvalue weighted by Gasteiger charge is -2.29. The van der Waals surface area contributed by atoms with Crippen LogP contribution in [-0.4, -0.2) is 53.8 Å². The lowest BCUT2D eigenvalue weighted by molar-refractivity contribution is 0.352. The summed E-state index contributed by atoms with van der Waals surface area (Å²) in [4.78, 5) is 4.75. The predicted octanol–water partition coefficient (Wildman–Crippen LogP) is 6.72. The molecule has 2 saturated heterocycles. The van der Waals surface area contributed by atoms with Crippen LogP contribution in [0, 0.1) is 0 Å². The van der Waals surface area contributed by atoms with Gasteiger partial charge in [-0.15, -0.1) is 11.8 Å². The molecule has 9 heteroatoms. The average Bonchev–Trinajstić information content (AvgIpc) is 2.65. The molecule has 2 nitrogen and oxygen atoms in total. The Morgan fingerprint density at radius 2 is 1.04 bits per heavy atom. The van der Waals surface area contributed by atoms with E-state index in [2.05, 4.69) is 23.6 Å². The van der Waals surface area contributed by atoms with Crippen molar-refractivity contribution >= 4 is 88.0 Å². The van der Waals surface area contributed by atoms with Crippen molar-refractivity contribution in [3.05, 3.63) is 0 Å². The van der Waals surface area contributed by atoms with Gasteiger partial charge in [-0.3, -0.25) is 0 Å². The first-order valence-corrected chi connectivity index (χ1v) is 15.1. The quantitative estimate of drug-likeness (QED) is 0.234. The van der Waals surface area contributed by atoms with Gasteiger partial charge in [0.25, 0.3) is 0 Å². The number of nitrogens with zero attached hydrogens (tertiary/aromatic N) is 2. The van der Waals surface area contributed by atoms with Crippen LogP contribution in [0.1, 0.15) is 52.4 Å². The first-order chi connectivity index (χ1) is 12.1. The van der Waals surface area contributed by atoms with Gasteiger partial charge in [-0.05, 0) is 74.0 Å². The van der Waals surface area contributed by atoms with Crippen molar-refractivity contribution in [3.63, 3.8) is 0 Å². The number of likely N-dealkylation sites (tertiary alicyclic amines) is 2. The second kappa shape index (κ2) is 12.9. The summed E-state index contributed by atoms with van der Waals surface area (Å²) >= 11 is 13.2. The molecule has 0 N–H and O–H groups in total. The van der Waals surface area contributed by atoms with Gasteiger partial charge in [-0.25, -0.2) is 0 Å². The van der Waals surface area contributed by atoms with Crippen molar-refractivity contribution < 1.29 is 0 Å². The van der Waals surface area contributed by atoms with Gasteiger partial charge in [0.15, 0.2) is 0 Å². The molecule has 2 heterocycles. The highest BCUT2D eigenvalue weighted by atomic mass is 33.1. The zero-order chi connectivity index (χ0) is 18.1. The van der Waals surface area contributed by atoms with Crippen LogP contribution < -0.4 is 0 Å². The first-order valence-electron chi connectivity index (χ1n) is 8.96. The second-order valence-corrected chi connectivity index (χ2v) is 14.9. The zero-order valence-corrected chi connectivity index (χ0v) is 20.7. The van der Waals surface area contributed by atoms with Crippen LogP contribution in [0.3, 0.4) is 0 Å². The number of rotatable bonds is 6. The predicted molar refractivity (Wildman–Crippen MR) is 133 cm³/mol. The van der Waals surface area contributed by atoms with E-state index in [1.807, 2.05) is 33.3 Å². The van der Waals surface area contributed by atoms with E-state index in [0.717, 1.165) is 34.8 Å². The van der Waals surface area contributed by atoms with Crippen LogP contribution in [0.2, 0.25) is 0 Å². The SMILES string of the molecule is CC(SSC(=S)N1CCCCC1)SC(C)SSC(=S)N1CCCCC1. The van der Waals surface area contributed by atoms with E-state index < -0.39 is 0 Å². The Bertz CT molecular complexity index is 385. The molecule has 0 spiro atoms. The third kappa shape index (κ3) is 9.05. The molecular weight excluding hydrogens is 445 g/mol. The van der Waals surface area contributed by atoms with Crippen molar-refractivity contribution in [2.24, 2.45) is 0 Å². The largest absolute Gasteiger partial charge is 0.357 e. The fourth-order valence-electron chi connectivity index (χ4n) is 2.79. The summed E-state index contributed by atoms with van der Waals surface area (Å²) in [6.45, 7) is 9.14. The minimum Gasteiger partial charge on any atom is -0.357 e. The van der Waals surface area contributed by atoms with Gasteiger partial charge in [0.2, 0.25) is 0 Å². The van der Waals surface area contributed by atoms with Gasteiger partial charge >= 0.3 is 0 Å². The van der Waals surface area contributed by atoms with Crippen molar-refractivity contribution in [2.75, 3.05) is 26.2 Å². The molecule has 0 saturated carbocycles. The maximum atomic E-state index is 5.59. The van der Waals surface area contributed by atoms with E-state index in [9.17, 15) is 0 Å². The summed E-state index contributed by atoms with van der Waals surface area (Å²) < 4.78 is 3.19. The lowest BCUT2D eigenvalue weighted by atomic mass is 10.1. The fraction of sp³-hybridized carbons (Fsp3) is 0.875. The Hall–Kier alpha value is 1.53. The molecular formula is C16H28N2S7. The van der Waals surface area contributed by atoms with Crippen molar-refractivity contribution in [2.45, 2.75) is 61.5 Å². The molecule has 144 valence electrons. The monoisotopic (exact) mass is 472 g/mol. The van der Waals surface area contributed by atoms with Gasteiger partial charge in [0.05, 0.1) is 9.16 Å². The van der Waals surface area contributed by atoms with Crippen LogP contribution in [0.4, 0.5) is 0 Å². The molecule has 2 atom stereocenters. The fourth-order valence-corrected chi connectivity index (χ4v) is 10.5. The van der Waals surface area contributed by atoms with Gasteiger partial charge in [0, 0.05) is 26.2 Å². The molecule has 2 aliphatic rings. The molecule has 2 rings (SSSR count). The summed E-state index contributed by atoms with van der Waals surface area (Å²) in [6.07, 6.45) is 7.87. The smallest absolute Gasteiger partial charge is 0.147 e. The van der Waals surface area contributed by atoms with Crippen molar-refractivity contribution in [3.8, 4) is 0 Å². The molecule has 2 fully saturated rings. The molecule has 2 unspecified atom stereocenters. The van der Waals surface area contributed by atoms with Crippen molar-refractivity contribution in [1.29, 1.82) is 0 Å². The molecule has 0 aromatic carbocycles. The Labute approximate surface area is 184 Å². The minimum atomic E-state index is 0.527. The maximum absolute atomic E-state index is 5.59. The maximum Gasteiger partial charge on any atom is 0.147 e. The van der Waals surface area contributed by atoms with E-state index in [1.165, 1.54) is 38.5 Å². The van der Waals surface area contributed by atoms with E-state index in [1.54, 1.807) is 21.6 Å².